The molecule has 0 atom stereocenters. The Bertz CT molecular complexity index is 1270. The summed E-state index contributed by atoms with van der Waals surface area (Å²) in [6.45, 7) is 12.3. The molecule has 0 radical (unpaired) electrons. The number of non-ortho nitro benzene ring substituents is 1. The Hall–Kier alpha value is -3.15. The molecule has 1 aromatic rings. The molecule has 0 aliphatic carbocycles. The third-order valence-corrected chi connectivity index (χ3v) is 9.65. The third kappa shape index (κ3) is 41.1. The Balaban J connectivity index is 1.68. The normalized spacial score (nSPS) is 11.3. The summed E-state index contributed by atoms with van der Waals surface area (Å²) in [4.78, 5) is 32.6. The molecule has 20 nitrogen and oxygen atoms in total. The Morgan fingerprint density at radius 3 is 1.09 bits per heavy atom. The number of nitrogens with zero attached hydrogens (tertiary/aromatic N) is 2. The number of carbonyl (C=O) groups excluding carboxylic acids is 1. The molecular weight excluding hydrogens is 867 g/mol. The summed E-state index contributed by atoms with van der Waals surface area (Å²) in [5, 5.41) is 24.9. The maximum absolute atomic E-state index is 11.9. The van der Waals surface area contributed by atoms with Gasteiger partial charge in [-0.1, -0.05) is 84.0 Å². The number of ether oxygens (including phenoxy) is 12. The summed E-state index contributed by atoms with van der Waals surface area (Å²) < 4.78 is 65.5. The molecule has 20 heteroatoms. The van der Waals surface area contributed by atoms with E-state index in [-0.39, 0.29) is 42.8 Å². The summed E-state index contributed by atoms with van der Waals surface area (Å²) in [7, 11) is 0. The number of nitro benzene ring substituents is 2. The number of benzene rings is 1. The van der Waals surface area contributed by atoms with E-state index in [4.69, 9.17) is 56.8 Å². The van der Waals surface area contributed by atoms with Crippen LogP contribution < -0.4 is 5.32 Å². The number of carbonyl (C=O) groups is 1. The standard InChI is InChI=1S/C46H83N3O17/c1-2-3-4-5-6-7-8-9-10-11-12-13-14-15-46(50)66-41-40-65-39-38-64-37-36-63-35-34-62-33-32-61-31-30-60-29-28-59-27-26-58-25-24-57-23-22-56-21-20-55-19-18-47-44-17-16-43(48(51)52)42-45(44)49(53)54/h16-17,42,47H,2-15,18-41H2,1H3. The zero-order chi connectivity index (χ0) is 47.6. The van der Waals surface area contributed by atoms with Crippen LogP contribution in [0.2, 0.25) is 0 Å². The molecule has 0 unspecified atom stereocenters. The summed E-state index contributed by atoms with van der Waals surface area (Å²) >= 11 is 0. The van der Waals surface area contributed by atoms with Crippen molar-refractivity contribution < 1.29 is 71.5 Å². The number of rotatable bonds is 53. The van der Waals surface area contributed by atoms with Gasteiger partial charge in [0.05, 0.1) is 161 Å². The molecule has 0 aromatic heterocycles. The smallest absolute Gasteiger partial charge is 0.305 e. The van der Waals surface area contributed by atoms with Crippen molar-refractivity contribution in [2.75, 3.05) is 164 Å². The first-order valence-electron chi connectivity index (χ1n) is 24.1. The van der Waals surface area contributed by atoms with E-state index < -0.39 is 9.85 Å². The molecule has 0 saturated carbocycles. The van der Waals surface area contributed by atoms with E-state index in [1.807, 2.05) is 0 Å². The van der Waals surface area contributed by atoms with Crippen LogP contribution >= 0.6 is 0 Å². The number of hydrogen-bond acceptors (Lipinski definition) is 18. The monoisotopic (exact) mass is 950 g/mol. The zero-order valence-corrected chi connectivity index (χ0v) is 39.9. The average molecular weight is 950 g/mol. The average Bonchev–Trinajstić information content (AvgIpc) is 3.31. The summed E-state index contributed by atoms with van der Waals surface area (Å²) in [5.41, 5.74) is -0.534. The topological polar surface area (TPSA) is 226 Å². The van der Waals surface area contributed by atoms with Gasteiger partial charge in [-0.25, -0.2) is 0 Å². The van der Waals surface area contributed by atoms with Crippen LogP contribution in [0.25, 0.3) is 0 Å². The van der Waals surface area contributed by atoms with E-state index >= 15 is 0 Å². The minimum Gasteiger partial charge on any atom is -0.463 e. The molecule has 0 amide bonds. The number of nitrogens with one attached hydrogen (secondary N) is 1. The fourth-order valence-corrected chi connectivity index (χ4v) is 6.07. The fraction of sp³-hybridized carbons (Fsp3) is 0.848. The second-order valence-corrected chi connectivity index (χ2v) is 15.1. The van der Waals surface area contributed by atoms with Crippen LogP contribution in [-0.4, -0.2) is 174 Å². The molecule has 1 rings (SSSR count). The van der Waals surface area contributed by atoms with Gasteiger partial charge < -0.3 is 62.2 Å². The first-order valence-corrected chi connectivity index (χ1v) is 24.1. The van der Waals surface area contributed by atoms with E-state index in [0.717, 1.165) is 18.9 Å². The van der Waals surface area contributed by atoms with Gasteiger partial charge in [0.15, 0.2) is 0 Å². The minimum atomic E-state index is -0.681. The van der Waals surface area contributed by atoms with E-state index in [1.54, 1.807) is 0 Å². The SMILES string of the molecule is CCCCCCCCCCCCCCCC(=O)OCCOCCOCCOCCOCCOCCOCCOCCOCCOCCOCCOCCNc1ccc([N+](=O)[O-])cc1[N+](=O)[O-]. The summed E-state index contributed by atoms with van der Waals surface area (Å²) in [6, 6.07) is 3.43. The van der Waals surface area contributed by atoms with E-state index in [2.05, 4.69) is 12.2 Å². The fourth-order valence-electron chi connectivity index (χ4n) is 6.07. The van der Waals surface area contributed by atoms with Crippen molar-refractivity contribution in [2.24, 2.45) is 0 Å². The maximum Gasteiger partial charge on any atom is 0.305 e. The van der Waals surface area contributed by atoms with Crippen LogP contribution in [0.1, 0.15) is 96.8 Å². The van der Waals surface area contributed by atoms with Crippen molar-refractivity contribution in [3.8, 4) is 0 Å². The van der Waals surface area contributed by atoms with Crippen LogP contribution in [0.4, 0.5) is 17.1 Å². The molecular formula is C46H83N3O17. The van der Waals surface area contributed by atoms with E-state index in [0.29, 0.717) is 145 Å². The lowest BCUT2D eigenvalue weighted by molar-refractivity contribution is -0.393. The molecule has 0 fully saturated rings. The van der Waals surface area contributed by atoms with Crippen LogP contribution in [-0.2, 0) is 61.6 Å². The van der Waals surface area contributed by atoms with Crippen molar-refractivity contribution in [1.29, 1.82) is 0 Å². The largest absolute Gasteiger partial charge is 0.463 e. The molecule has 66 heavy (non-hydrogen) atoms. The lowest BCUT2D eigenvalue weighted by Crippen LogP contribution is -2.16. The highest BCUT2D eigenvalue weighted by molar-refractivity contribution is 5.69. The van der Waals surface area contributed by atoms with Gasteiger partial charge in [0.1, 0.15) is 12.3 Å². The van der Waals surface area contributed by atoms with Gasteiger partial charge in [-0.05, 0) is 12.5 Å². The Morgan fingerprint density at radius 1 is 0.439 bits per heavy atom. The molecule has 384 valence electrons. The summed E-state index contributed by atoms with van der Waals surface area (Å²) in [6.07, 6.45) is 17.2. The predicted molar refractivity (Wildman–Crippen MR) is 249 cm³/mol. The first-order chi connectivity index (χ1) is 32.5. The van der Waals surface area contributed by atoms with Crippen molar-refractivity contribution in [2.45, 2.75) is 96.8 Å². The number of anilines is 1. The van der Waals surface area contributed by atoms with Gasteiger partial charge in [0, 0.05) is 19.0 Å². The molecule has 0 bridgehead atoms. The molecule has 0 saturated heterocycles. The molecule has 0 heterocycles. The van der Waals surface area contributed by atoms with Crippen LogP contribution in [0.3, 0.4) is 0 Å². The third-order valence-electron chi connectivity index (χ3n) is 9.65. The highest BCUT2D eigenvalue weighted by atomic mass is 16.6. The van der Waals surface area contributed by atoms with Gasteiger partial charge in [-0.2, -0.15) is 0 Å². The van der Waals surface area contributed by atoms with Gasteiger partial charge in [-0.3, -0.25) is 25.0 Å². The Morgan fingerprint density at radius 2 is 0.758 bits per heavy atom. The summed E-state index contributed by atoms with van der Waals surface area (Å²) in [5.74, 6) is -0.144. The van der Waals surface area contributed by atoms with Gasteiger partial charge in [-0.15, -0.1) is 0 Å². The van der Waals surface area contributed by atoms with Gasteiger partial charge in [0.2, 0.25) is 0 Å². The Kier molecular flexibility index (Phi) is 44.6. The predicted octanol–water partition coefficient (Wildman–Crippen LogP) is 7.12. The molecule has 1 N–H and O–H groups in total. The highest BCUT2D eigenvalue weighted by Gasteiger charge is 2.19. The lowest BCUT2D eigenvalue weighted by atomic mass is 10.0. The van der Waals surface area contributed by atoms with E-state index in [1.165, 1.54) is 82.8 Å². The number of esters is 1. The van der Waals surface area contributed by atoms with Crippen molar-refractivity contribution >= 4 is 23.0 Å². The second-order valence-electron chi connectivity index (χ2n) is 15.1. The molecule has 0 aliphatic heterocycles. The molecule has 0 spiro atoms. The zero-order valence-electron chi connectivity index (χ0n) is 39.9. The lowest BCUT2D eigenvalue weighted by Gasteiger charge is -2.09. The van der Waals surface area contributed by atoms with E-state index in [9.17, 15) is 25.0 Å². The number of hydrogen-bond donors (Lipinski definition) is 1. The maximum atomic E-state index is 11.9. The van der Waals surface area contributed by atoms with Gasteiger partial charge >= 0.3 is 5.97 Å². The minimum absolute atomic E-state index is 0.144. The van der Waals surface area contributed by atoms with Crippen LogP contribution in [0.15, 0.2) is 18.2 Å². The molecule has 1 aromatic carbocycles. The van der Waals surface area contributed by atoms with Crippen molar-refractivity contribution in [3.05, 3.63) is 38.4 Å². The van der Waals surface area contributed by atoms with Gasteiger partial charge in [0.25, 0.3) is 11.4 Å². The quantitative estimate of drug-likeness (QED) is 0.0297. The number of unbranched alkanes of at least 4 members (excludes halogenated alkanes) is 12. The van der Waals surface area contributed by atoms with Crippen LogP contribution in [0, 0.1) is 20.2 Å². The molecule has 0 aliphatic rings. The van der Waals surface area contributed by atoms with Crippen LogP contribution in [0.5, 0.6) is 0 Å². The first kappa shape index (κ1) is 60.9. The highest BCUT2D eigenvalue weighted by Crippen LogP contribution is 2.28. The van der Waals surface area contributed by atoms with Crippen molar-refractivity contribution in [3.63, 3.8) is 0 Å². The second kappa shape index (κ2) is 48.3. The Labute approximate surface area is 392 Å². The number of nitro groups is 2. The van der Waals surface area contributed by atoms with Crippen molar-refractivity contribution in [1.82, 2.24) is 0 Å².